The van der Waals surface area contributed by atoms with E-state index in [4.69, 9.17) is 39.5 Å². The number of fused-ring (bicyclic) bond motifs is 1. The number of rotatable bonds is 6. The summed E-state index contributed by atoms with van der Waals surface area (Å²) in [6.07, 6.45) is 2.04. The van der Waals surface area contributed by atoms with Gasteiger partial charge in [0.1, 0.15) is 5.82 Å². The van der Waals surface area contributed by atoms with Gasteiger partial charge in [-0.2, -0.15) is 0 Å². The number of halogens is 3. The van der Waals surface area contributed by atoms with E-state index in [0.29, 0.717) is 22.5 Å². The number of hydrogen-bond acceptors (Lipinski definition) is 2. The van der Waals surface area contributed by atoms with Gasteiger partial charge >= 0.3 is 0 Å². The number of alkyl halides is 1. The van der Waals surface area contributed by atoms with Gasteiger partial charge < -0.3 is 9.30 Å². The normalized spacial score (nSPS) is 13.1. The maximum Gasteiger partial charge on any atom is 0.125 e. The number of benzene rings is 1. The van der Waals surface area contributed by atoms with Crippen molar-refractivity contribution in [3.63, 3.8) is 0 Å². The molecule has 0 saturated heterocycles. The van der Waals surface area contributed by atoms with Gasteiger partial charge in [0.05, 0.1) is 39.6 Å². The molecule has 20 heavy (non-hydrogen) atoms. The zero-order valence-electron chi connectivity index (χ0n) is 11.5. The van der Waals surface area contributed by atoms with Crippen LogP contribution in [0, 0.1) is 0 Å². The fourth-order valence-electron chi connectivity index (χ4n) is 2.45. The molecule has 0 spiro atoms. The van der Waals surface area contributed by atoms with E-state index >= 15 is 0 Å². The van der Waals surface area contributed by atoms with Crippen molar-refractivity contribution in [1.82, 2.24) is 9.55 Å². The monoisotopic (exact) mass is 334 g/mol. The molecule has 1 aromatic carbocycles. The summed E-state index contributed by atoms with van der Waals surface area (Å²) in [6, 6.07) is 3.82. The Balaban J connectivity index is 2.61. The molecule has 0 N–H and O–H groups in total. The van der Waals surface area contributed by atoms with E-state index in [0.717, 1.165) is 29.7 Å². The Labute approximate surface area is 133 Å². The molecule has 3 nitrogen and oxygen atoms in total. The summed E-state index contributed by atoms with van der Waals surface area (Å²) in [5, 5.41) is 1.03. The second-order valence-corrected chi connectivity index (χ2v) is 5.77. The van der Waals surface area contributed by atoms with Crippen molar-refractivity contribution in [2.45, 2.75) is 31.7 Å². The van der Waals surface area contributed by atoms with Crippen molar-refractivity contribution in [1.29, 1.82) is 0 Å². The van der Waals surface area contributed by atoms with Gasteiger partial charge in [0, 0.05) is 7.11 Å². The summed E-state index contributed by atoms with van der Waals surface area (Å²) < 4.78 is 7.45. The predicted octanol–water partition coefficient (Wildman–Crippen LogP) is 5.07. The first-order valence-electron chi connectivity index (χ1n) is 6.53. The lowest BCUT2D eigenvalue weighted by Crippen LogP contribution is -2.16. The van der Waals surface area contributed by atoms with Crippen molar-refractivity contribution in [2.24, 2.45) is 0 Å². The van der Waals surface area contributed by atoms with Crippen LogP contribution < -0.4 is 0 Å². The number of hydrogen-bond donors (Lipinski definition) is 0. The average Bonchev–Trinajstić information content (AvgIpc) is 2.76. The van der Waals surface area contributed by atoms with Crippen LogP contribution in [0.5, 0.6) is 0 Å². The van der Waals surface area contributed by atoms with Crippen molar-refractivity contribution >= 4 is 45.8 Å². The van der Waals surface area contributed by atoms with Crippen molar-refractivity contribution < 1.29 is 4.74 Å². The molecule has 1 aromatic heterocycles. The Bertz CT molecular complexity index is 592. The molecule has 110 valence electrons. The predicted molar refractivity (Wildman–Crippen MR) is 85.1 cm³/mol. The number of methoxy groups -OCH3 is 1. The van der Waals surface area contributed by atoms with Crippen LogP contribution in [-0.4, -0.2) is 23.3 Å². The van der Waals surface area contributed by atoms with E-state index in [1.165, 1.54) is 0 Å². The summed E-state index contributed by atoms with van der Waals surface area (Å²) in [6.45, 7) is 2.76. The van der Waals surface area contributed by atoms with Crippen LogP contribution >= 0.6 is 34.8 Å². The van der Waals surface area contributed by atoms with Gasteiger partial charge in [-0.3, -0.25) is 0 Å². The Morgan fingerprint density at radius 1 is 1.30 bits per heavy atom. The summed E-state index contributed by atoms with van der Waals surface area (Å²) in [5.74, 6) is 1.16. The third kappa shape index (κ3) is 3.06. The fraction of sp³-hybridized carbons (Fsp3) is 0.500. The molecule has 0 amide bonds. The topological polar surface area (TPSA) is 27.1 Å². The van der Waals surface area contributed by atoms with E-state index in [-0.39, 0.29) is 6.04 Å². The highest BCUT2D eigenvalue weighted by Crippen LogP contribution is 2.31. The minimum absolute atomic E-state index is 0.195. The van der Waals surface area contributed by atoms with Gasteiger partial charge in [0.15, 0.2) is 0 Å². The third-order valence-corrected chi connectivity index (χ3v) is 4.23. The molecule has 0 radical (unpaired) electrons. The summed E-state index contributed by atoms with van der Waals surface area (Å²) in [7, 11) is 1.70. The van der Waals surface area contributed by atoms with Crippen LogP contribution in [0.3, 0.4) is 0 Å². The molecule has 0 aliphatic heterocycles. The van der Waals surface area contributed by atoms with Crippen LogP contribution in [0.4, 0.5) is 0 Å². The van der Waals surface area contributed by atoms with Crippen LogP contribution in [0.15, 0.2) is 12.1 Å². The van der Waals surface area contributed by atoms with Crippen LogP contribution in [-0.2, 0) is 10.6 Å². The van der Waals surface area contributed by atoms with Gasteiger partial charge in [-0.15, -0.1) is 11.6 Å². The minimum atomic E-state index is 0.195. The van der Waals surface area contributed by atoms with Gasteiger partial charge in [-0.1, -0.05) is 36.5 Å². The van der Waals surface area contributed by atoms with Crippen molar-refractivity contribution in [3.05, 3.63) is 28.0 Å². The highest BCUT2D eigenvalue weighted by atomic mass is 35.5. The molecule has 0 saturated carbocycles. The van der Waals surface area contributed by atoms with Crippen LogP contribution in [0.1, 0.15) is 31.6 Å². The number of aromatic nitrogens is 2. The molecule has 1 heterocycles. The number of imidazole rings is 1. The van der Waals surface area contributed by atoms with Gasteiger partial charge in [-0.05, 0) is 18.6 Å². The molecule has 0 aliphatic carbocycles. The molecule has 0 fully saturated rings. The SMILES string of the molecule is CCCC(COC)n1c(CCl)nc2cc(Cl)c(Cl)cc21. The molecular formula is C14H17Cl3N2O. The highest BCUT2D eigenvalue weighted by molar-refractivity contribution is 6.42. The first-order chi connectivity index (χ1) is 9.62. The Hall–Kier alpha value is -0.480. The van der Waals surface area contributed by atoms with Gasteiger partial charge in [0.25, 0.3) is 0 Å². The molecule has 2 rings (SSSR count). The maximum atomic E-state index is 6.13. The zero-order chi connectivity index (χ0) is 14.7. The average molecular weight is 336 g/mol. The summed E-state index contributed by atoms with van der Waals surface area (Å²) in [5.41, 5.74) is 1.76. The van der Waals surface area contributed by atoms with Crippen molar-refractivity contribution in [3.8, 4) is 0 Å². The fourth-order valence-corrected chi connectivity index (χ4v) is 2.96. The van der Waals surface area contributed by atoms with E-state index in [2.05, 4.69) is 16.5 Å². The number of nitrogens with zero attached hydrogens (tertiary/aromatic N) is 2. The van der Waals surface area contributed by atoms with E-state index in [1.807, 2.05) is 6.07 Å². The molecule has 1 atom stereocenters. The lowest BCUT2D eigenvalue weighted by molar-refractivity contribution is 0.151. The Kier molecular flexibility index (Phi) is 5.56. The zero-order valence-corrected chi connectivity index (χ0v) is 13.8. The van der Waals surface area contributed by atoms with E-state index < -0.39 is 0 Å². The Morgan fingerprint density at radius 3 is 2.60 bits per heavy atom. The Morgan fingerprint density at radius 2 is 2.00 bits per heavy atom. The van der Waals surface area contributed by atoms with Crippen molar-refractivity contribution in [2.75, 3.05) is 13.7 Å². The molecular weight excluding hydrogens is 319 g/mol. The highest BCUT2D eigenvalue weighted by Gasteiger charge is 2.19. The third-order valence-electron chi connectivity index (χ3n) is 3.27. The molecule has 6 heteroatoms. The summed E-state index contributed by atoms with van der Waals surface area (Å²) in [4.78, 5) is 4.55. The molecule has 0 bridgehead atoms. The van der Waals surface area contributed by atoms with Gasteiger partial charge in [-0.25, -0.2) is 4.98 Å². The number of ether oxygens (including phenoxy) is 1. The second kappa shape index (κ2) is 6.99. The van der Waals surface area contributed by atoms with Crippen LogP contribution in [0.25, 0.3) is 11.0 Å². The molecule has 1 unspecified atom stereocenters. The van der Waals surface area contributed by atoms with Gasteiger partial charge in [0.2, 0.25) is 0 Å². The largest absolute Gasteiger partial charge is 0.383 e. The maximum absolute atomic E-state index is 6.13. The smallest absolute Gasteiger partial charge is 0.125 e. The standard InChI is InChI=1S/C14H17Cl3N2O/c1-3-4-9(8-20-2)19-13-6-11(17)10(16)5-12(13)18-14(19)7-15/h5-6,9H,3-4,7-8H2,1-2H3. The van der Waals surface area contributed by atoms with Crippen LogP contribution in [0.2, 0.25) is 10.0 Å². The van der Waals surface area contributed by atoms with E-state index in [9.17, 15) is 0 Å². The van der Waals surface area contributed by atoms with E-state index in [1.54, 1.807) is 13.2 Å². The quantitative estimate of drug-likeness (QED) is 0.689. The summed E-state index contributed by atoms with van der Waals surface area (Å²) >= 11 is 18.2. The second-order valence-electron chi connectivity index (χ2n) is 4.68. The first kappa shape index (κ1) is 15.9. The first-order valence-corrected chi connectivity index (χ1v) is 7.82. The minimum Gasteiger partial charge on any atom is -0.383 e. The lowest BCUT2D eigenvalue weighted by atomic mass is 10.1. The molecule has 2 aromatic rings. The lowest BCUT2D eigenvalue weighted by Gasteiger charge is -2.20. The molecule has 0 aliphatic rings.